The van der Waals surface area contributed by atoms with Crippen molar-refractivity contribution in [3.8, 4) is 6.07 Å². The highest BCUT2D eigenvalue weighted by molar-refractivity contribution is 5.20. The third-order valence-electron chi connectivity index (χ3n) is 2.69. The molecule has 0 amide bonds. The van der Waals surface area contributed by atoms with Crippen LogP contribution in [0.2, 0.25) is 0 Å². The Hall–Kier alpha value is -1.40. The van der Waals surface area contributed by atoms with Crippen LogP contribution in [0.4, 0.5) is 0 Å². The molecular formula is C13H19N3. The molecule has 3 heteroatoms. The summed E-state index contributed by atoms with van der Waals surface area (Å²) in [5.74, 6) is 0. The van der Waals surface area contributed by atoms with Gasteiger partial charge in [-0.25, -0.2) is 0 Å². The lowest BCUT2D eigenvalue weighted by atomic mass is 9.85. The molecular weight excluding hydrogens is 198 g/mol. The summed E-state index contributed by atoms with van der Waals surface area (Å²) in [7, 11) is 0. The van der Waals surface area contributed by atoms with Gasteiger partial charge in [0.05, 0.1) is 6.07 Å². The molecule has 1 rings (SSSR count). The van der Waals surface area contributed by atoms with Gasteiger partial charge in [0.25, 0.3) is 0 Å². The van der Waals surface area contributed by atoms with E-state index in [4.69, 9.17) is 5.26 Å². The van der Waals surface area contributed by atoms with Crippen molar-refractivity contribution in [3.05, 3.63) is 30.1 Å². The summed E-state index contributed by atoms with van der Waals surface area (Å²) in [6.45, 7) is 8.80. The van der Waals surface area contributed by atoms with Gasteiger partial charge in [-0.3, -0.25) is 10.3 Å². The average molecular weight is 217 g/mol. The van der Waals surface area contributed by atoms with Crippen molar-refractivity contribution in [2.45, 2.75) is 38.6 Å². The van der Waals surface area contributed by atoms with E-state index in [1.54, 1.807) is 6.20 Å². The summed E-state index contributed by atoms with van der Waals surface area (Å²) >= 11 is 0. The van der Waals surface area contributed by atoms with Gasteiger partial charge in [0, 0.05) is 24.4 Å². The molecule has 1 heterocycles. The Bertz CT molecular complexity index is 374. The molecule has 0 radical (unpaired) electrons. The number of nitriles is 1. The topological polar surface area (TPSA) is 48.7 Å². The van der Waals surface area contributed by atoms with E-state index in [-0.39, 0.29) is 5.41 Å². The van der Waals surface area contributed by atoms with Crippen molar-refractivity contribution >= 4 is 0 Å². The molecule has 0 saturated heterocycles. The molecule has 16 heavy (non-hydrogen) atoms. The van der Waals surface area contributed by atoms with Gasteiger partial charge >= 0.3 is 0 Å². The molecule has 0 atom stereocenters. The lowest BCUT2D eigenvalue weighted by Gasteiger charge is -2.29. The summed E-state index contributed by atoms with van der Waals surface area (Å²) in [6, 6.07) is 6.24. The van der Waals surface area contributed by atoms with E-state index in [2.05, 4.69) is 36.3 Å². The van der Waals surface area contributed by atoms with E-state index in [0.717, 1.165) is 6.54 Å². The minimum Gasteiger partial charge on any atom is -0.299 e. The number of hydrogen-bond acceptors (Lipinski definition) is 3. The van der Waals surface area contributed by atoms with Crippen molar-refractivity contribution in [1.82, 2.24) is 10.3 Å². The molecule has 1 aromatic heterocycles. The maximum atomic E-state index is 8.94. The predicted molar refractivity (Wildman–Crippen MR) is 65.0 cm³/mol. The number of pyridine rings is 1. The fraction of sp³-hybridized carbons (Fsp3) is 0.538. The maximum Gasteiger partial charge on any atom is 0.101 e. The zero-order valence-corrected chi connectivity index (χ0v) is 10.4. The first-order valence-electron chi connectivity index (χ1n) is 5.44. The number of hydrogen-bond donors (Lipinski definition) is 1. The molecule has 0 aliphatic heterocycles. The summed E-state index contributed by atoms with van der Waals surface area (Å²) in [4.78, 5) is 4.12. The minimum atomic E-state index is -0.487. The standard InChI is InChI=1S/C13H19N3/c1-12(2,10-16-13(3,4)9-14)11-6-5-7-15-8-11/h5-8,16H,10H2,1-4H3. The van der Waals surface area contributed by atoms with Gasteiger partial charge in [-0.2, -0.15) is 5.26 Å². The Labute approximate surface area is 97.5 Å². The molecule has 1 aromatic rings. The second kappa shape index (κ2) is 4.63. The molecule has 0 saturated carbocycles. The summed E-state index contributed by atoms with van der Waals surface area (Å²) < 4.78 is 0. The Balaban J connectivity index is 2.71. The molecule has 0 bridgehead atoms. The van der Waals surface area contributed by atoms with E-state index in [9.17, 15) is 0 Å². The predicted octanol–water partition coefficient (Wildman–Crippen LogP) is 2.25. The molecule has 0 fully saturated rings. The normalized spacial score (nSPS) is 12.2. The lowest BCUT2D eigenvalue weighted by molar-refractivity contribution is 0.397. The smallest absolute Gasteiger partial charge is 0.101 e. The van der Waals surface area contributed by atoms with E-state index < -0.39 is 5.54 Å². The average Bonchev–Trinajstić information content (AvgIpc) is 2.28. The highest BCUT2D eigenvalue weighted by atomic mass is 15.0. The van der Waals surface area contributed by atoms with E-state index in [1.807, 2.05) is 26.1 Å². The van der Waals surface area contributed by atoms with Gasteiger partial charge in [0.2, 0.25) is 0 Å². The SMILES string of the molecule is CC(C)(C#N)NCC(C)(C)c1cccnc1. The van der Waals surface area contributed by atoms with Gasteiger partial charge in [-0.15, -0.1) is 0 Å². The van der Waals surface area contributed by atoms with Crippen LogP contribution in [0.25, 0.3) is 0 Å². The first-order valence-corrected chi connectivity index (χ1v) is 5.44. The van der Waals surface area contributed by atoms with E-state index >= 15 is 0 Å². The highest BCUT2D eigenvalue weighted by Crippen LogP contribution is 2.21. The van der Waals surface area contributed by atoms with Gasteiger partial charge in [0.1, 0.15) is 5.54 Å². The van der Waals surface area contributed by atoms with Crippen molar-refractivity contribution in [3.63, 3.8) is 0 Å². The molecule has 3 nitrogen and oxygen atoms in total. The third kappa shape index (κ3) is 3.32. The van der Waals surface area contributed by atoms with Gasteiger partial charge in [-0.05, 0) is 25.5 Å². The third-order valence-corrected chi connectivity index (χ3v) is 2.69. The molecule has 0 unspecified atom stereocenters. The molecule has 0 spiro atoms. The number of aromatic nitrogens is 1. The zero-order chi connectivity index (χ0) is 12.2. The molecule has 86 valence electrons. The first-order chi connectivity index (χ1) is 7.37. The van der Waals surface area contributed by atoms with Crippen LogP contribution in [0.1, 0.15) is 33.3 Å². The molecule has 0 aliphatic carbocycles. The first kappa shape index (κ1) is 12.7. The fourth-order valence-electron chi connectivity index (χ4n) is 1.35. The molecule has 1 N–H and O–H groups in total. The van der Waals surface area contributed by atoms with Crippen LogP contribution in [-0.2, 0) is 5.41 Å². The van der Waals surface area contributed by atoms with Crippen LogP contribution < -0.4 is 5.32 Å². The van der Waals surface area contributed by atoms with Gasteiger partial charge < -0.3 is 0 Å². The van der Waals surface area contributed by atoms with Crippen molar-refractivity contribution in [2.75, 3.05) is 6.54 Å². The van der Waals surface area contributed by atoms with Crippen molar-refractivity contribution < 1.29 is 0 Å². The van der Waals surface area contributed by atoms with Crippen LogP contribution in [0.3, 0.4) is 0 Å². The van der Waals surface area contributed by atoms with E-state index in [0.29, 0.717) is 0 Å². The van der Waals surface area contributed by atoms with Crippen LogP contribution in [0.15, 0.2) is 24.5 Å². The van der Waals surface area contributed by atoms with E-state index in [1.165, 1.54) is 5.56 Å². The lowest BCUT2D eigenvalue weighted by Crippen LogP contribution is -2.44. The minimum absolute atomic E-state index is 0.0254. The number of nitrogens with zero attached hydrogens (tertiary/aromatic N) is 2. The Morgan fingerprint density at radius 2 is 2.06 bits per heavy atom. The Morgan fingerprint density at radius 3 is 2.56 bits per heavy atom. The Morgan fingerprint density at radius 1 is 1.38 bits per heavy atom. The molecule has 0 aromatic carbocycles. The van der Waals surface area contributed by atoms with Gasteiger partial charge in [0.15, 0.2) is 0 Å². The monoisotopic (exact) mass is 217 g/mol. The fourth-order valence-corrected chi connectivity index (χ4v) is 1.35. The second-order valence-electron chi connectivity index (χ2n) is 5.22. The van der Waals surface area contributed by atoms with Crippen LogP contribution >= 0.6 is 0 Å². The quantitative estimate of drug-likeness (QED) is 0.841. The Kier molecular flexibility index (Phi) is 3.66. The summed E-state index contributed by atoms with van der Waals surface area (Å²) in [5, 5.41) is 12.2. The van der Waals surface area contributed by atoms with Crippen LogP contribution in [0.5, 0.6) is 0 Å². The summed E-state index contributed by atoms with van der Waals surface area (Å²) in [6.07, 6.45) is 3.65. The molecule has 0 aliphatic rings. The van der Waals surface area contributed by atoms with Gasteiger partial charge in [-0.1, -0.05) is 19.9 Å². The summed E-state index contributed by atoms with van der Waals surface area (Å²) in [5.41, 5.74) is 0.665. The van der Waals surface area contributed by atoms with Crippen LogP contribution in [-0.4, -0.2) is 17.1 Å². The number of rotatable bonds is 4. The zero-order valence-electron chi connectivity index (χ0n) is 10.4. The largest absolute Gasteiger partial charge is 0.299 e. The van der Waals surface area contributed by atoms with Crippen molar-refractivity contribution in [1.29, 1.82) is 5.26 Å². The second-order valence-corrected chi connectivity index (χ2v) is 5.22. The highest BCUT2D eigenvalue weighted by Gasteiger charge is 2.24. The van der Waals surface area contributed by atoms with Crippen LogP contribution in [0, 0.1) is 11.3 Å². The number of nitrogens with one attached hydrogen (secondary N) is 1. The van der Waals surface area contributed by atoms with Crippen molar-refractivity contribution in [2.24, 2.45) is 0 Å². The maximum absolute atomic E-state index is 8.94.